The normalized spacial score (nSPS) is 13.2. The highest BCUT2D eigenvalue weighted by Crippen LogP contribution is 2.29. The summed E-state index contributed by atoms with van der Waals surface area (Å²) in [6.07, 6.45) is 11.8. The maximum absolute atomic E-state index is 4.94. The molecule has 5 heterocycles. The summed E-state index contributed by atoms with van der Waals surface area (Å²) in [5.41, 5.74) is 10.8. The second-order valence-corrected chi connectivity index (χ2v) is 18.7. The molecule has 1 aliphatic heterocycles. The SMILES string of the molecule is CC(C)(C)C1=CCC=N1.CC(C)(C)c1ccoc1.CC(C)(C)c1cocn1.Cc1ncsc1C(C)(C)C.Cc1scnc1C(C)(C)C. The monoisotopic (exact) mass is 682 g/mol. The highest BCUT2D eigenvalue weighted by molar-refractivity contribution is 7.10. The standard InChI is InChI=1S/2C8H13NS.C8H13N.C8H12O.C7H11NO/c1-6-7(8(2,3)4)9-5-10-6;1-6-7(8(2,3)4)10-5-9-6;1-8(2,3)7-5-4-6-9-7;1-8(2,3)7-4-5-9-6-7;1-7(2,3)6-4-9-5-8-6/h2*5H,1-4H3;5-6H,4H2,1-3H3;4-6H,1-3H3;4-5H,1-3H3. The number of rotatable bonds is 0. The Morgan fingerprint density at radius 1 is 0.638 bits per heavy atom. The fraction of sp³-hybridized carbons (Fsp3) is 0.590. The van der Waals surface area contributed by atoms with Crippen LogP contribution < -0.4 is 0 Å². The van der Waals surface area contributed by atoms with Crippen molar-refractivity contribution in [1.29, 1.82) is 0 Å². The summed E-state index contributed by atoms with van der Waals surface area (Å²) in [7, 11) is 0. The van der Waals surface area contributed by atoms with E-state index in [1.807, 2.05) is 23.3 Å². The van der Waals surface area contributed by atoms with E-state index in [9.17, 15) is 0 Å². The van der Waals surface area contributed by atoms with E-state index in [1.54, 1.807) is 41.5 Å². The van der Waals surface area contributed by atoms with Crippen LogP contribution in [0.4, 0.5) is 0 Å². The lowest BCUT2D eigenvalue weighted by Crippen LogP contribution is -2.12. The number of aromatic nitrogens is 3. The smallest absolute Gasteiger partial charge is 0.180 e. The molecule has 0 fully saturated rings. The molecule has 4 aromatic rings. The molecule has 262 valence electrons. The minimum absolute atomic E-state index is 0.118. The van der Waals surface area contributed by atoms with Gasteiger partial charge in [0, 0.05) is 44.3 Å². The van der Waals surface area contributed by atoms with Crippen molar-refractivity contribution < 1.29 is 8.83 Å². The fourth-order valence-corrected chi connectivity index (χ4v) is 5.87. The number of aliphatic imine (C=N–C) groups is 1. The van der Waals surface area contributed by atoms with Crippen LogP contribution in [0.15, 0.2) is 67.9 Å². The molecule has 0 unspecified atom stereocenters. The van der Waals surface area contributed by atoms with E-state index in [-0.39, 0.29) is 27.1 Å². The molecule has 0 saturated carbocycles. The Bertz CT molecular complexity index is 1380. The van der Waals surface area contributed by atoms with E-state index < -0.39 is 0 Å². The number of furan rings is 1. The molecule has 0 atom stereocenters. The van der Waals surface area contributed by atoms with Gasteiger partial charge in [-0.05, 0) is 36.3 Å². The van der Waals surface area contributed by atoms with Crippen molar-refractivity contribution in [2.24, 2.45) is 10.4 Å². The van der Waals surface area contributed by atoms with Gasteiger partial charge in [-0.2, -0.15) is 0 Å². The van der Waals surface area contributed by atoms with Crippen LogP contribution in [0.2, 0.25) is 0 Å². The van der Waals surface area contributed by atoms with Crippen LogP contribution in [0.5, 0.6) is 0 Å². The molecule has 6 nitrogen and oxygen atoms in total. The molecule has 0 aromatic carbocycles. The first-order valence-corrected chi connectivity index (χ1v) is 18.1. The van der Waals surface area contributed by atoms with Crippen molar-refractivity contribution in [2.75, 3.05) is 0 Å². The Morgan fingerprint density at radius 3 is 1.47 bits per heavy atom. The van der Waals surface area contributed by atoms with Gasteiger partial charge in [-0.1, -0.05) is 110 Å². The number of aryl methyl sites for hydroxylation is 2. The van der Waals surface area contributed by atoms with Gasteiger partial charge in [0.25, 0.3) is 0 Å². The van der Waals surface area contributed by atoms with E-state index in [4.69, 9.17) is 8.83 Å². The third-order valence-corrected chi connectivity index (χ3v) is 9.00. The zero-order chi connectivity index (χ0) is 36.3. The molecule has 0 bridgehead atoms. The Kier molecular flexibility index (Phi) is 15.7. The summed E-state index contributed by atoms with van der Waals surface area (Å²) in [6, 6.07) is 2.00. The molecular formula is C39H62N4O2S2. The van der Waals surface area contributed by atoms with Gasteiger partial charge in [0.05, 0.1) is 40.6 Å². The van der Waals surface area contributed by atoms with Gasteiger partial charge in [0.2, 0.25) is 0 Å². The fourth-order valence-electron chi connectivity index (χ4n) is 4.19. The molecule has 0 amide bonds. The summed E-state index contributed by atoms with van der Waals surface area (Å²) in [6.45, 7) is 36.8. The highest BCUT2D eigenvalue weighted by atomic mass is 32.1. The lowest BCUT2D eigenvalue weighted by atomic mass is 9.89. The first-order chi connectivity index (χ1) is 21.3. The molecule has 0 radical (unpaired) electrons. The van der Waals surface area contributed by atoms with Crippen molar-refractivity contribution in [3.63, 3.8) is 0 Å². The van der Waals surface area contributed by atoms with Crippen LogP contribution in [0.1, 0.15) is 143 Å². The average Bonchev–Trinajstić information content (AvgIpc) is 3.72. The molecule has 5 rings (SSSR count). The third-order valence-electron chi connectivity index (χ3n) is 6.89. The van der Waals surface area contributed by atoms with Crippen LogP contribution >= 0.6 is 22.7 Å². The lowest BCUT2D eigenvalue weighted by molar-refractivity contribution is 0.500. The largest absolute Gasteiger partial charge is 0.472 e. The Balaban J connectivity index is 0.000000294. The van der Waals surface area contributed by atoms with Crippen LogP contribution in [0.25, 0.3) is 0 Å². The Labute approximate surface area is 294 Å². The van der Waals surface area contributed by atoms with Gasteiger partial charge < -0.3 is 8.83 Å². The van der Waals surface area contributed by atoms with E-state index in [0.29, 0.717) is 0 Å². The minimum atomic E-state index is 0.118. The number of nitrogens with zero attached hydrogens (tertiary/aromatic N) is 4. The maximum Gasteiger partial charge on any atom is 0.180 e. The summed E-state index contributed by atoms with van der Waals surface area (Å²) in [4.78, 5) is 19.5. The topological polar surface area (TPSA) is 77.3 Å². The second-order valence-electron chi connectivity index (χ2n) is 16.8. The molecule has 0 N–H and O–H groups in total. The quantitative estimate of drug-likeness (QED) is 0.184. The number of thiazole rings is 2. The van der Waals surface area contributed by atoms with Crippen molar-refractivity contribution in [1.82, 2.24) is 15.0 Å². The zero-order valence-electron chi connectivity index (χ0n) is 32.3. The molecule has 4 aromatic heterocycles. The summed E-state index contributed by atoms with van der Waals surface area (Å²) < 4.78 is 9.77. The van der Waals surface area contributed by atoms with E-state index >= 15 is 0 Å². The van der Waals surface area contributed by atoms with Crippen LogP contribution in [-0.2, 0) is 21.7 Å². The van der Waals surface area contributed by atoms with Crippen LogP contribution in [0, 0.1) is 19.3 Å². The number of hydrogen-bond acceptors (Lipinski definition) is 8. The zero-order valence-corrected chi connectivity index (χ0v) is 34.0. The Morgan fingerprint density at radius 2 is 1.26 bits per heavy atom. The predicted molar refractivity (Wildman–Crippen MR) is 204 cm³/mol. The van der Waals surface area contributed by atoms with Crippen molar-refractivity contribution in [3.8, 4) is 0 Å². The summed E-state index contributed by atoms with van der Waals surface area (Å²) >= 11 is 3.47. The summed E-state index contributed by atoms with van der Waals surface area (Å²) in [5.74, 6) is 0. The minimum Gasteiger partial charge on any atom is -0.472 e. The molecule has 0 saturated heterocycles. The van der Waals surface area contributed by atoms with Gasteiger partial charge in [-0.25, -0.2) is 15.0 Å². The first-order valence-electron chi connectivity index (χ1n) is 16.3. The lowest BCUT2D eigenvalue weighted by Gasteiger charge is -2.16. The van der Waals surface area contributed by atoms with E-state index in [2.05, 4.69) is 144 Å². The summed E-state index contributed by atoms with van der Waals surface area (Å²) in [5, 5.41) is 0. The van der Waals surface area contributed by atoms with Gasteiger partial charge in [0.15, 0.2) is 6.39 Å². The maximum atomic E-state index is 4.94. The van der Waals surface area contributed by atoms with E-state index in [1.165, 1.54) is 38.8 Å². The molecule has 0 aliphatic carbocycles. The average molecular weight is 683 g/mol. The highest BCUT2D eigenvalue weighted by Gasteiger charge is 2.19. The van der Waals surface area contributed by atoms with Crippen molar-refractivity contribution in [2.45, 2.75) is 146 Å². The van der Waals surface area contributed by atoms with Crippen molar-refractivity contribution >= 4 is 28.9 Å². The van der Waals surface area contributed by atoms with Gasteiger partial charge in [-0.15, -0.1) is 22.7 Å². The van der Waals surface area contributed by atoms with Gasteiger partial charge in [0.1, 0.15) is 6.26 Å². The molecule has 8 heteroatoms. The molecule has 47 heavy (non-hydrogen) atoms. The van der Waals surface area contributed by atoms with Gasteiger partial charge >= 0.3 is 0 Å². The number of allylic oxidation sites excluding steroid dienone is 2. The van der Waals surface area contributed by atoms with Crippen LogP contribution in [0.3, 0.4) is 0 Å². The van der Waals surface area contributed by atoms with E-state index in [0.717, 1.165) is 12.1 Å². The van der Waals surface area contributed by atoms with Crippen LogP contribution in [-0.4, -0.2) is 21.2 Å². The van der Waals surface area contributed by atoms with Crippen molar-refractivity contribution in [3.05, 3.63) is 86.4 Å². The molecule has 1 aliphatic rings. The molecule has 0 spiro atoms. The number of oxazole rings is 1. The number of hydrogen-bond donors (Lipinski definition) is 0. The third kappa shape index (κ3) is 15.7. The first kappa shape index (κ1) is 42.2. The van der Waals surface area contributed by atoms with Gasteiger partial charge in [-0.3, -0.25) is 4.99 Å². The predicted octanol–water partition coefficient (Wildman–Crippen LogP) is 12.4. The Hall–Kier alpha value is -2.84. The second kappa shape index (κ2) is 17.5. The molecular weight excluding hydrogens is 621 g/mol.